The molecule has 1 aromatic carbocycles. The zero-order valence-electron chi connectivity index (χ0n) is 16.1. The average Bonchev–Trinajstić information content (AvgIpc) is 2.64. The summed E-state index contributed by atoms with van der Waals surface area (Å²) in [6, 6.07) is 10.0. The molecule has 1 aromatic rings. The number of benzene rings is 1. The third-order valence-corrected chi connectivity index (χ3v) is 6.12. The molecule has 3 aliphatic rings. The Morgan fingerprint density at radius 2 is 2.00 bits per heavy atom. The van der Waals surface area contributed by atoms with Crippen LogP contribution in [0.15, 0.2) is 30.3 Å². The minimum absolute atomic E-state index is 0.119. The Morgan fingerprint density at radius 1 is 1.23 bits per heavy atom. The number of fused-ring (bicyclic) bond motifs is 2. The first-order valence-corrected chi connectivity index (χ1v) is 9.99. The summed E-state index contributed by atoms with van der Waals surface area (Å²) < 4.78 is 5.75. The molecule has 0 unspecified atom stereocenters. The van der Waals surface area contributed by atoms with E-state index in [4.69, 9.17) is 4.74 Å². The van der Waals surface area contributed by atoms with Crippen molar-refractivity contribution in [2.45, 2.75) is 31.8 Å². The average molecular weight is 357 g/mol. The van der Waals surface area contributed by atoms with Gasteiger partial charge in [-0.15, -0.1) is 0 Å². The lowest BCUT2D eigenvalue weighted by Crippen LogP contribution is -2.80. The fourth-order valence-electron chi connectivity index (χ4n) is 4.78. The second-order valence-electron chi connectivity index (χ2n) is 8.59. The Hall–Kier alpha value is -1.43. The van der Waals surface area contributed by atoms with Crippen LogP contribution < -0.4 is 0 Å². The van der Waals surface area contributed by atoms with E-state index in [1.54, 1.807) is 0 Å². The summed E-state index contributed by atoms with van der Waals surface area (Å²) in [4.78, 5) is 20.3. The van der Waals surface area contributed by atoms with Crippen molar-refractivity contribution in [1.82, 2.24) is 14.7 Å². The van der Waals surface area contributed by atoms with Gasteiger partial charge in [-0.2, -0.15) is 0 Å². The third-order valence-electron chi connectivity index (χ3n) is 6.12. The number of nitrogens with zero attached hydrogens (tertiary/aromatic N) is 3. The second kappa shape index (κ2) is 7.29. The van der Waals surface area contributed by atoms with Crippen LogP contribution in [0.5, 0.6) is 0 Å². The normalized spacial score (nSPS) is 26.0. The highest BCUT2D eigenvalue weighted by molar-refractivity contribution is 5.94. The van der Waals surface area contributed by atoms with Crippen molar-refractivity contribution in [2.75, 3.05) is 52.5 Å². The molecule has 0 radical (unpaired) electrons. The number of morpholine rings is 1. The van der Waals surface area contributed by atoms with E-state index < -0.39 is 0 Å². The molecular formula is C21H31N3O2. The lowest BCUT2D eigenvalue weighted by molar-refractivity contribution is -0.158. The smallest absolute Gasteiger partial charge is 0.253 e. The van der Waals surface area contributed by atoms with E-state index in [9.17, 15) is 4.79 Å². The van der Waals surface area contributed by atoms with E-state index in [1.807, 2.05) is 30.3 Å². The minimum atomic E-state index is 0.119. The Morgan fingerprint density at radius 3 is 2.73 bits per heavy atom. The van der Waals surface area contributed by atoms with Gasteiger partial charge in [-0.05, 0) is 31.0 Å². The second-order valence-corrected chi connectivity index (χ2v) is 8.59. The molecule has 0 saturated carbocycles. The zero-order valence-corrected chi connectivity index (χ0v) is 16.1. The van der Waals surface area contributed by atoms with Crippen LogP contribution in [-0.2, 0) is 4.74 Å². The van der Waals surface area contributed by atoms with Crippen LogP contribution in [-0.4, -0.2) is 84.7 Å². The van der Waals surface area contributed by atoms with Gasteiger partial charge in [0.15, 0.2) is 0 Å². The summed E-state index contributed by atoms with van der Waals surface area (Å²) in [5.74, 6) is 0.904. The highest BCUT2D eigenvalue weighted by Gasteiger charge is 2.54. The molecule has 0 bridgehead atoms. The van der Waals surface area contributed by atoms with Gasteiger partial charge < -0.3 is 9.64 Å². The number of hydrogen-bond donors (Lipinski definition) is 0. The van der Waals surface area contributed by atoms with E-state index in [0.29, 0.717) is 6.04 Å². The van der Waals surface area contributed by atoms with Gasteiger partial charge in [0.2, 0.25) is 0 Å². The van der Waals surface area contributed by atoms with Crippen LogP contribution in [0.1, 0.15) is 30.6 Å². The summed E-state index contributed by atoms with van der Waals surface area (Å²) in [7, 11) is 0. The molecule has 3 fully saturated rings. The van der Waals surface area contributed by atoms with E-state index in [0.717, 1.165) is 57.4 Å². The SMILES string of the molecule is CC(C)CCN1CC2(C1)CN(C(=O)c1ccccc1)C[C@@H]1COCCN12. The predicted octanol–water partition coefficient (Wildman–Crippen LogP) is 1.94. The van der Waals surface area contributed by atoms with Crippen molar-refractivity contribution < 1.29 is 9.53 Å². The molecule has 4 rings (SSSR count). The first-order chi connectivity index (χ1) is 12.6. The van der Waals surface area contributed by atoms with E-state index in [-0.39, 0.29) is 11.4 Å². The van der Waals surface area contributed by atoms with Crippen molar-refractivity contribution in [3.8, 4) is 0 Å². The summed E-state index contributed by atoms with van der Waals surface area (Å²) in [5, 5.41) is 0. The monoisotopic (exact) mass is 357 g/mol. The standard InChI is InChI=1S/C21H31N3O2/c1-17(2)8-9-22-14-21(15-22)16-23(12-19-13-26-11-10-24(19)21)20(25)18-6-4-3-5-7-18/h3-7,17,19H,8-16H2,1-2H3/t19-/m1/s1. The van der Waals surface area contributed by atoms with Crippen LogP contribution in [0.3, 0.4) is 0 Å². The first-order valence-electron chi connectivity index (χ1n) is 9.99. The van der Waals surface area contributed by atoms with Crippen LogP contribution in [0.4, 0.5) is 0 Å². The number of ether oxygens (including phenoxy) is 1. The summed E-state index contributed by atoms with van der Waals surface area (Å²) in [6.07, 6.45) is 1.25. The van der Waals surface area contributed by atoms with E-state index >= 15 is 0 Å². The number of carbonyl (C=O) groups excluding carboxylic acids is 1. The van der Waals surface area contributed by atoms with E-state index in [2.05, 4.69) is 28.5 Å². The van der Waals surface area contributed by atoms with Gasteiger partial charge in [-0.3, -0.25) is 14.6 Å². The Bertz CT molecular complexity index is 627. The van der Waals surface area contributed by atoms with Gasteiger partial charge in [0, 0.05) is 38.3 Å². The molecule has 5 nitrogen and oxygen atoms in total. The number of amides is 1. The number of piperazine rings is 1. The number of likely N-dealkylation sites (tertiary alicyclic amines) is 1. The van der Waals surface area contributed by atoms with Gasteiger partial charge in [0.1, 0.15) is 0 Å². The fraction of sp³-hybridized carbons (Fsp3) is 0.667. The molecule has 1 amide bonds. The first kappa shape index (κ1) is 18.0. The van der Waals surface area contributed by atoms with Crippen molar-refractivity contribution in [3.63, 3.8) is 0 Å². The van der Waals surface area contributed by atoms with Gasteiger partial charge in [0.25, 0.3) is 5.91 Å². The fourth-order valence-corrected chi connectivity index (χ4v) is 4.78. The third kappa shape index (κ3) is 3.40. The lowest BCUT2D eigenvalue weighted by Gasteiger charge is -2.63. The maximum Gasteiger partial charge on any atom is 0.253 e. The molecular weight excluding hydrogens is 326 g/mol. The molecule has 5 heteroatoms. The molecule has 1 spiro atoms. The summed E-state index contributed by atoms with van der Waals surface area (Å²) >= 11 is 0. The zero-order chi connectivity index (χ0) is 18.1. The Labute approximate surface area is 156 Å². The predicted molar refractivity (Wildman–Crippen MR) is 102 cm³/mol. The molecule has 3 saturated heterocycles. The van der Waals surface area contributed by atoms with Gasteiger partial charge in [-0.25, -0.2) is 0 Å². The maximum absolute atomic E-state index is 13.1. The molecule has 0 N–H and O–H groups in total. The van der Waals surface area contributed by atoms with Crippen LogP contribution >= 0.6 is 0 Å². The van der Waals surface area contributed by atoms with Crippen molar-refractivity contribution in [2.24, 2.45) is 5.92 Å². The van der Waals surface area contributed by atoms with Gasteiger partial charge >= 0.3 is 0 Å². The highest BCUT2D eigenvalue weighted by Crippen LogP contribution is 2.36. The molecule has 0 aliphatic carbocycles. The van der Waals surface area contributed by atoms with Gasteiger partial charge in [-0.1, -0.05) is 32.0 Å². The number of rotatable bonds is 4. The molecule has 26 heavy (non-hydrogen) atoms. The molecule has 1 atom stereocenters. The molecule has 3 aliphatic heterocycles. The minimum Gasteiger partial charge on any atom is -0.378 e. The Kier molecular flexibility index (Phi) is 5.04. The highest BCUT2D eigenvalue weighted by atomic mass is 16.5. The van der Waals surface area contributed by atoms with Gasteiger partial charge in [0.05, 0.1) is 24.8 Å². The molecule has 142 valence electrons. The quantitative estimate of drug-likeness (QED) is 0.825. The number of hydrogen-bond acceptors (Lipinski definition) is 4. The van der Waals surface area contributed by atoms with Crippen LogP contribution in [0.2, 0.25) is 0 Å². The van der Waals surface area contributed by atoms with Crippen molar-refractivity contribution in [1.29, 1.82) is 0 Å². The van der Waals surface area contributed by atoms with Crippen LogP contribution in [0, 0.1) is 5.92 Å². The number of carbonyl (C=O) groups is 1. The lowest BCUT2D eigenvalue weighted by atomic mass is 9.82. The van der Waals surface area contributed by atoms with Crippen LogP contribution in [0.25, 0.3) is 0 Å². The summed E-state index contributed by atoms with van der Waals surface area (Å²) in [5.41, 5.74) is 0.914. The van der Waals surface area contributed by atoms with E-state index in [1.165, 1.54) is 13.0 Å². The van der Waals surface area contributed by atoms with Crippen molar-refractivity contribution >= 4 is 5.91 Å². The maximum atomic E-state index is 13.1. The topological polar surface area (TPSA) is 36.0 Å². The molecule has 3 heterocycles. The largest absolute Gasteiger partial charge is 0.378 e. The summed E-state index contributed by atoms with van der Waals surface area (Å²) in [6.45, 7) is 12.1. The Balaban J connectivity index is 1.49. The van der Waals surface area contributed by atoms with Crippen molar-refractivity contribution in [3.05, 3.63) is 35.9 Å². The molecule has 0 aromatic heterocycles.